The number of hydrogen-bond acceptors (Lipinski definition) is 2. The van der Waals surface area contributed by atoms with Gasteiger partial charge in [0, 0.05) is 12.2 Å². The fourth-order valence-electron chi connectivity index (χ4n) is 3.23. The second-order valence-electron chi connectivity index (χ2n) is 5.59. The molecule has 1 fully saturated rings. The van der Waals surface area contributed by atoms with Crippen LogP contribution in [0.4, 0.5) is 0 Å². The Morgan fingerprint density at radius 1 is 1.05 bits per heavy atom. The summed E-state index contributed by atoms with van der Waals surface area (Å²) in [5.41, 5.74) is 2.62. The molecule has 3 rings (SSSR count). The zero-order valence-electron chi connectivity index (χ0n) is 12.1. The molecule has 2 nitrogen and oxygen atoms in total. The van der Waals surface area contributed by atoms with Gasteiger partial charge in [-0.2, -0.15) is 0 Å². The molecule has 1 aliphatic rings. The largest absolute Gasteiger partial charge is 0.288 e. The molecule has 0 bridgehead atoms. The van der Waals surface area contributed by atoms with Gasteiger partial charge in [-0.05, 0) is 44.0 Å². The molecule has 20 heavy (non-hydrogen) atoms. The molecule has 2 aromatic rings. The number of pyridine rings is 1. The van der Waals surface area contributed by atoms with E-state index in [0.717, 1.165) is 6.54 Å². The van der Waals surface area contributed by atoms with E-state index >= 15 is 0 Å². The van der Waals surface area contributed by atoms with Gasteiger partial charge in [0.25, 0.3) is 0 Å². The SMILES string of the molecule is CC(c1ccccc1)N1CCCCC1c1ccccn1. The van der Waals surface area contributed by atoms with Gasteiger partial charge in [-0.15, -0.1) is 0 Å². The molecule has 2 heterocycles. The number of nitrogens with zero attached hydrogens (tertiary/aromatic N) is 2. The van der Waals surface area contributed by atoms with Crippen molar-refractivity contribution >= 4 is 0 Å². The van der Waals surface area contributed by atoms with E-state index in [2.05, 4.69) is 59.3 Å². The average Bonchev–Trinajstić information content (AvgIpc) is 2.56. The molecule has 2 unspecified atom stereocenters. The first kappa shape index (κ1) is 13.3. The van der Waals surface area contributed by atoms with Crippen LogP contribution < -0.4 is 0 Å². The van der Waals surface area contributed by atoms with E-state index in [0.29, 0.717) is 12.1 Å². The summed E-state index contributed by atoms with van der Waals surface area (Å²) in [6, 6.07) is 18.0. The summed E-state index contributed by atoms with van der Waals surface area (Å²) in [6.07, 6.45) is 5.73. The molecular formula is C18H22N2. The first-order valence-corrected chi connectivity index (χ1v) is 7.58. The van der Waals surface area contributed by atoms with E-state index in [1.54, 1.807) is 0 Å². The summed E-state index contributed by atoms with van der Waals surface area (Å²) in [5, 5.41) is 0. The Morgan fingerprint density at radius 3 is 2.60 bits per heavy atom. The second-order valence-corrected chi connectivity index (χ2v) is 5.59. The van der Waals surface area contributed by atoms with Gasteiger partial charge in [0.05, 0.1) is 11.7 Å². The molecule has 1 aromatic heterocycles. The third-order valence-electron chi connectivity index (χ3n) is 4.35. The Bertz CT molecular complexity index is 524. The molecule has 0 radical (unpaired) electrons. The number of rotatable bonds is 3. The summed E-state index contributed by atoms with van der Waals surface area (Å²) in [5.74, 6) is 0. The molecule has 0 aliphatic carbocycles. The maximum Gasteiger partial charge on any atom is 0.0575 e. The normalized spacial score (nSPS) is 21.6. The zero-order valence-corrected chi connectivity index (χ0v) is 12.1. The molecule has 2 heteroatoms. The van der Waals surface area contributed by atoms with Gasteiger partial charge < -0.3 is 0 Å². The minimum Gasteiger partial charge on any atom is -0.288 e. The third kappa shape index (κ3) is 2.75. The zero-order chi connectivity index (χ0) is 13.8. The van der Waals surface area contributed by atoms with Crippen molar-refractivity contribution in [2.75, 3.05) is 6.54 Å². The molecule has 0 spiro atoms. The monoisotopic (exact) mass is 266 g/mol. The highest BCUT2D eigenvalue weighted by molar-refractivity contribution is 5.20. The van der Waals surface area contributed by atoms with Crippen LogP contribution in [0.25, 0.3) is 0 Å². The number of aromatic nitrogens is 1. The maximum atomic E-state index is 4.59. The lowest BCUT2D eigenvalue weighted by atomic mass is 9.95. The van der Waals surface area contributed by atoms with E-state index < -0.39 is 0 Å². The van der Waals surface area contributed by atoms with Gasteiger partial charge in [0.2, 0.25) is 0 Å². The summed E-state index contributed by atoms with van der Waals surface area (Å²) in [6.45, 7) is 3.48. The van der Waals surface area contributed by atoms with E-state index in [-0.39, 0.29) is 0 Å². The van der Waals surface area contributed by atoms with Crippen molar-refractivity contribution < 1.29 is 0 Å². The maximum absolute atomic E-state index is 4.59. The molecule has 1 saturated heterocycles. The Hall–Kier alpha value is -1.67. The lowest BCUT2D eigenvalue weighted by Crippen LogP contribution is -2.35. The second kappa shape index (κ2) is 6.19. The Balaban J connectivity index is 1.86. The average molecular weight is 266 g/mol. The summed E-state index contributed by atoms with van der Waals surface area (Å²) >= 11 is 0. The van der Waals surface area contributed by atoms with Crippen LogP contribution in [0.1, 0.15) is 49.5 Å². The number of benzene rings is 1. The van der Waals surface area contributed by atoms with Crippen LogP contribution in [0.15, 0.2) is 54.7 Å². The molecule has 104 valence electrons. The van der Waals surface area contributed by atoms with Crippen molar-refractivity contribution in [3.8, 4) is 0 Å². The number of hydrogen-bond donors (Lipinski definition) is 0. The Morgan fingerprint density at radius 2 is 1.85 bits per heavy atom. The van der Waals surface area contributed by atoms with Gasteiger partial charge >= 0.3 is 0 Å². The van der Waals surface area contributed by atoms with Crippen molar-refractivity contribution in [1.82, 2.24) is 9.88 Å². The summed E-state index contributed by atoms with van der Waals surface area (Å²) in [7, 11) is 0. The molecule has 1 aromatic carbocycles. The highest BCUT2D eigenvalue weighted by Gasteiger charge is 2.28. The summed E-state index contributed by atoms with van der Waals surface area (Å²) in [4.78, 5) is 7.20. The number of likely N-dealkylation sites (tertiary alicyclic amines) is 1. The van der Waals surface area contributed by atoms with Gasteiger partial charge in [0.1, 0.15) is 0 Å². The molecule has 1 aliphatic heterocycles. The summed E-state index contributed by atoms with van der Waals surface area (Å²) < 4.78 is 0. The van der Waals surface area contributed by atoms with Crippen LogP contribution in [-0.2, 0) is 0 Å². The van der Waals surface area contributed by atoms with Gasteiger partial charge in [0.15, 0.2) is 0 Å². The van der Waals surface area contributed by atoms with Crippen LogP contribution in [0.5, 0.6) is 0 Å². The van der Waals surface area contributed by atoms with E-state index in [9.17, 15) is 0 Å². The highest BCUT2D eigenvalue weighted by atomic mass is 15.2. The number of piperidine rings is 1. The quantitative estimate of drug-likeness (QED) is 0.820. The van der Waals surface area contributed by atoms with E-state index in [4.69, 9.17) is 0 Å². The topological polar surface area (TPSA) is 16.1 Å². The van der Waals surface area contributed by atoms with Crippen molar-refractivity contribution in [1.29, 1.82) is 0 Å². The lowest BCUT2D eigenvalue weighted by Gasteiger charge is -2.39. The predicted molar refractivity (Wildman–Crippen MR) is 82.4 cm³/mol. The van der Waals surface area contributed by atoms with Crippen molar-refractivity contribution in [3.05, 3.63) is 66.0 Å². The van der Waals surface area contributed by atoms with Crippen molar-refractivity contribution in [3.63, 3.8) is 0 Å². The first-order chi connectivity index (χ1) is 9.86. The smallest absolute Gasteiger partial charge is 0.0575 e. The Kier molecular flexibility index (Phi) is 4.12. The van der Waals surface area contributed by atoms with Gasteiger partial charge in [-0.3, -0.25) is 9.88 Å². The molecule has 0 amide bonds. The van der Waals surface area contributed by atoms with Gasteiger partial charge in [-0.1, -0.05) is 42.8 Å². The first-order valence-electron chi connectivity index (χ1n) is 7.58. The van der Waals surface area contributed by atoms with Crippen LogP contribution in [-0.4, -0.2) is 16.4 Å². The van der Waals surface area contributed by atoms with Crippen LogP contribution in [0, 0.1) is 0 Å². The van der Waals surface area contributed by atoms with Crippen LogP contribution in [0.2, 0.25) is 0 Å². The molecular weight excluding hydrogens is 244 g/mol. The van der Waals surface area contributed by atoms with E-state index in [1.165, 1.54) is 30.5 Å². The molecule has 0 N–H and O–H groups in total. The minimum atomic E-state index is 0.448. The third-order valence-corrected chi connectivity index (χ3v) is 4.35. The van der Waals surface area contributed by atoms with Crippen molar-refractivity contribution in [2.24, 2.45) is 0 Å². The molecule has 0 saturated carbocycles. The van der Waals surface area contributed by atoms with Crippen LogP contribution >= 0.6 is 0 Å². The van der Waals surface area contributed by atoms with E-state index in [1.807, 2.05) is 12.3 Å². The predicted octanol–water partition coefficient (Wildman–Crippen LogP) is 4.37. The lowest BCUT2D eigenvalue weighted by molar-refractivity contribution is 0.100. The fourth-order valence-corrected chi connectivity index (χ4v) is 3.23. The van der Waals surface area contributed by atoms with Crippen LogP contribution in [0.3, 0.4) is 0 Å². The van der Waals surface area contributed by atoms with Crippen molar-refractivity contribution in [2.45, 2.75) is 38.3 Å². The van der Waals surface area contributed by atoms with Gasteiger partial charge in [-0.25, -0.2) is 0 Å². The minimum absolute atomic E-state index is 0.448. The Labute approximate surface area is 121 Å². The fraction of sp³-hybridized carbons (Fsp3) is 0.389. The highest BCUT2D eigenvalue weighted by Crippen LogP contribution is 2.36. The molecule has 2 atom stereocenters. The standard InChI is InChI=1S/C18H22N2/c1-15(16-9-3-2-4-10-16)20-14-8-6-12-18(20)17-11-5-7-13-19-17/h2-5,7,9-11,13,15,18H,6,8,12,14H2,1H3.